The van der Waals surface area contributed by atoms with Gasteiger partial charge in [0.25, 0.3) is 17.4 Å². The maximum Gasteiger partial charge on any atom is 0.272 e. The summed E-state index contributed by atoms with van der Waals surface area (Å²) in [4.78, 5) is 43.2. The van der Waals surface area contributed by atoms with E-state index < -0.39 is 23.4 Å². The number of hydrogen-bond donors (Lipinski definition) is 0. The fourth-order valence-electron chi connectivity index (χ4n) is 2.82. The van der Waals surface area contributed by atoms with E-state index in [9.17, 15) is 14.4 Å². The average molecular weight is 400 g/mol. The van der Waals surface area contributed by atoms with Crippen LogP contribution in [0.5, 0.6) is 0 Å². The van der Waals surface area contributed by atoms with Gasteiger partial charge in [-0.15, -0.1) is 0 Å². The summed E-state index contributed by atoms with van der Waals surface area (Å²) in [6, 6.07) is 5.89. The third-order valence-electron chi connectivity index (χ3n) is 4.09. The molecule has 0 aliphatic carbocycles. The third-order valence-corrected chi connectivity index (χ3v) is 4.83. The molecular formula is C18H14BrN3O3. The second-order valence-corrected chi connectivity index (χ2v) is 6.23. The van der Waals surface area contributed by atoms with Gasteiger partial charge in [0.05, 0.1) is 22.9 Å². The second-order valence-electron chi connectivity index (χ2n) is 5.43. The Bertz CT molecular complexity index is 959. The summed E-state index contributed by atoms with van der Waals surface area (Å²) < 4.78 is 1.40. The molecule has 2 aromatic rings. The Labute approximate surface area is 152 Å². The second kappa shape index (κ2) is 6.25. The summed E-state index contributed by atoms with van der Waals surface area (Å²) >= 11 is 3.23. The van der Waals surface area contributed by atoms with Gasteiger partial charge in [-0.05, 0) is 41.1 Å². The predicted molar refractivity (Wildman–Crippen MR) is 98.0 cm³/mol. The highest BCUT2D eigenvalue weighted by molar-refractivity contribution is 9.10. The molecule has 25 heavy (non-hydrogen) atoms. The molecule has 1 aromatic carbocycles. The maximum absolute atomic E-state index is 12.6. The number of fused-ring (bicyclic) bond motifs is 1. The standard InChI is InChI=1S/C18H14BrN3O3/c1-4-13-20-15(14(19)18(25)21(13)5-2)10(3)22-16(23)11-8-6-7-9-12(11)17(22)24/h4-10H,1-2H2,3H3. The van der Waals surface area contributed by atoms with Crippen molar-refractivity contribution in [1.29, 1.82) is 0 Å². The van der Waals surface area contributed by atoms with Gasteiger partial charge in [-0.1, -0.05) is 25.3 Å². The number of imide groups is 1. The molecule has 0 bridgehead atoms. The van der Waals surface area contributed by atoms with Crippen LogP contribution < -0.4 is 5.56 Å². The molecule has 0 spiro atoms. The van der Waals surface area contributed by atoms with E-state index in [1.54, 1.807) is 31.2 Å². The lowest BCUT2D eigenvalue weighted by Gasteiger charge is -2.23. The van der Waals surface area contributed by atoms with Crippen LogP contribution in [0, 0.1) is 0 Å². The van der Waals surface area contributed by atoms with E-state index in [0.717, 1.165) is 4.90 Å². The van der Waals surface area contributed by atoms with Crippen LogP contribution in [-0.4, -0.2) is 26.3 Å². The fraction of sp³-hybridized carbons (Fsp3) is 0.111. The summed E-state index contributed by atoms with van der Waals surface area (Å²) in [6.45, 7) is 8.87. The van der Waals surface area contributed by atoms with Crippen molar-refractivity contribution in [3.05, 3.63) is 74.9 Å². The number of carbonyl (C=O) groups excluding carboxylic acids is 2. The van der Waals surface area contributed by atoms with Crippen molar-refractivity contribution in [2.75, 3.05) is 0 Å². The number of aromatic nitrogens is 2. The summed E-state index contributed by atoms with van der Waals surface area (Å²) in [7, 11) is 0. The third kappa shape index (κ3) is 2.47. The Hall–Kier alpha value is -2.80. The van der Waals surface area contributed by atoms with E-state index in [4.69, 9.17) is 0 Å². The Morgan fingerprint density at radius 1 is 1.12 bits per heavy atom. The van der Waals surface area contributed by atoms with Crippen LogP contribution >= 0.6 is 15.9 Å². The predicted octanol–water partition coefficient (Wildman–Crippen LogP) is 3.11. The zero-order valence-electron chi connectivity index (χ0n) is 13.4. The van der Waals surface area contributed by atoms with E-state index in [1.165, 1.54) is 16.8 Å². The Morgan fingerprint density at radius 2 is 1.68 bits per heavy atom. The zero-order valence-corrected chi connectivity index (χ0v) is 15.0. The molecule has 0 fully saturated rings. The first kappa shape index (κ1) is 17.0. The van der Waals surface area contributed by atoms with Crippen LogP contribution in [-0.2, 0) is 0 Å². The van der Waals surface area contributed by atoms with Gasteiger partial charge in [-0.3, -0.25) is 23.9 Å². The van der Waals surface area contributed by atoms with Crippen molar-refractivity contribution < 1.29 is 9.59 Å². The fourth-order valence-corrected chi connectivity index (χ4v) is 3.44. The first-order valence-corrected chi connectivity index (χ1v) is 8.25. The normalized spacial score (nSPS) is 14.4. The SMILES string of the molecule is C=Cc1nc(C(C)N2C(=O)c3ccccc3C2=O)c(Br)c(=O)n1C=C. The summed E-state index contributed by atoms with van der Waals surface area (Å²) in [5, 5.41) is 0. The van der Waals surface area contributed by atoms with Crippen LogP contribution in [0.25, 0.3) is 12.3 Å². The molecular weight excluding hydrogens is 386 g/mol. The van der Waals surface area contributed by atoms with Gasteiger partial charge in [0, 0.05) is 6.20 Å². The van der Waals surface area contributed by atoms with Crippen molar-refractivity contribution in [3.63, 3.8) is 0 Å². The average Bonchev–Trinajstić information content (AvgIpc) is 2.88. The van der Waals surface area contributed by atoms with Gasteiger partial charge in [-0.25, -0.2) is 4.98 Å². The van der Waals surface area contributed by atoms with Crippen molar-refractivity contribution >= 4 is 40.0 Å². The molecule has 6 nitrogen and oxygen atoms in total. The minimum atomic E-state index is -0.729. The lowest BCUT2D eigenvalue weighted by Crippen LogP contribution is -2.35. The van der Waals surface area contributed by atoms with Gasteiger partial charge in [0.1, 0.15) is 10.3 Å². The number of nitrogens with zero attached hydrogens (tertiary/aromatic N) is 3. The maximum atomic E-state index is 12.6. The topological polar surface area (TPSA) is 72.3 Å². The molecule has 1 aliphatic rings. The minimum Gasteiger partial charge on any atom is -0.269 e. The van der Waals surface area contributed by atoms with E-state index >= 15 is 0 Å². The highest BCUT2D eigenvalue weighted by Gasteiger charge is 2.40. The Balaban J connectivity index is 2.13. The zero-order chi connectivity index (χ0) is 18.3. The molecule has 0 radical (unpaired) electrons. The largest absolute Gasteiger partial charge is 0.272 e. The van der Waals surface area contributed by atoms with Crippen molar-refractivity contribution in [2.45, 2.75) is 13.0 Å². The van der Waals surface area contributed by atoms with Gasteiger partial charge in [0.15, 0.2) is 0 Å². The molecule has 0 saturated heterocycles. The highest BCUT2D eigenvalue weighted by atomic mass is 79.9. The van der Waals surface area contributed by atoms with Crippen LogP contribution in [0.3, 0.4) is 0 Å². The molecule has 1 aliphatic heterocycles. The van der Waals surface area contributed by atoms with Crippen LogP contribution in [0.2, 0.25) is 0 Å². The summed E-state index contributed by atoms with van der Waals surface area (Å²) in [6.07, 6.45) is 2.74. The lowest BCUT2D eigenvalue weighted by molar-refractivity contribution is 0.0591. The van der Waals surface area contributed by atoms with E-state index in [2.05, 4.69) is 34.1 Å². The first-order valence-electron chi connectivity index (χ1n) is 7.46. The number of benzene rings is 1. The number of halogens is 1. The van der Waals surface area contributed by atoms with Crippen LogP contribution in [0.15, 0.2) is 46.7 Å². The van der Waals surface area contributed by atoms with Gasteiger partial charge in [-0.2, -0.15) is 0 Å². The molecule has 7 heteroatoms. The van der Waals surface area contributed by atoms with E-state index in [0.29, 0.717) is 11.1 Å². The number of hydrogen-bond acceptors (Lipinski definition) is 4. The van der Waals surface area contributed by atoms with Crippen molar-refractivity contribution in [2.24, 2.45) is 0 Å². The van der Waals surface area contributed by atoms with Crippen LogP contribution in [0.4, 0.5) is 0 Å². The van der Waals surface area contributed by atoms with E-state index in [-0.39, 0.29) is 16.0 Å². The number of carbonyl (C=O) groups is 2. The molecule has 0 N–H and O–H groups in total. The monoisotopic (exact) mass is 399 g/mol. The van der Waals surface area contributed by atoms with Gasteiger partial charge < -0.3 is 0 Å². The molecule has 126 valence electrons. The molecule has 1 unspecified atom stereocenters. The smallest absolute Gasteiger partial charge is 0.269 e. The quantitative estimate of drug-likeness (QED) is 0.740. The molecule has 3 rings (SSSR count). The van der Waals surface area contributed by atoms with E-state index in [1.807, 2.05) is 0 Å². The Kier molecular flexibility index (Phi) is 4.26. The summed E-state index contributed by atoms with van der Waals surface area (Å²) in [5.74, 6) is -0.536. The summed E-state index contributed by atoms with van der Waals surface area (Å²) in [5.41, 5.74) is 0.587. The van der Waals surface area contributed by atoms with Gasteiger partial charge in [0.2, 0.25) is 0 Å². The first-order chi connectivity index (χ1) is 11.9. The van der Waals surface area contributed by atoms with Gasteiger partial charge >= 0.3 is 0 Å². The molecule has 2 heterocycles. The van der Waals surface area contributed by atoms with Crippen molar-refractivity contribution in [3.8, 4) is 0 Å². The van der Waals surface area contributed by atoms with Crippen molar-refractivity contribution in [1.82, 2.24) is 14.5 Å². The minimum absolute atomic E-state index is 0.169. The Morgan fingerprint density at radius 3 is 2.16 bits per heavy atom. The molecule has 1 aromatic heterocycles. The number of rotatable bonds is 4. The highest BCUT2D eigenvalue weighted by Crippen LogP contribution is 2.32. The molecule has 1 atom stereocenters. The number of amides is 2. The lowest BCUT2D eigenvalue weighted by atomic mass is 10.1. The van der Waals surface area contributed by atoms with Crippen LogP contribution in [0.1, 0.15) is 45.2 Å². The molecule has 2 amide bonds. The molecule has 0 saturated carbocycles.